The number of rotatable bonds is 9. The lowest BCUT2D eigenvalue weighted by Crippen LogP contribution is -2.56. The van der Waals surface area contributed by atoms with Gasteiger partial charge in [-0.1, -0.05) is 81.7 Å². The van der Waals surface area contributed by atoms with Gasteiger partial charge in [-0.3, -0.25) is 28.8 Å². The van der Waals surface area contributed by atoms with Gasteiger partial charge in [-0.05, 0) is 59.9 Å². The first kappa shape index (κ1) is 45.9. The van der Waals surface area contributed by atoms with Gasteiger partial charge in [0.15, 0.2) is 0 Å². The third kappa shape index (κ3) is 15.2. The molecule has 6 amide bonds. The minimum atomic E-state index is -1.23. The van der Waals surface area contributed by atoms with Crippen LogP contribution in [-0.4, -0.2) is 114 Å². The van der Waals surface area contributed by atoms with Gasteiger partial charge in [0.2, 0.25) is 29.4 Å². The maximum Gasteiger partial charge on any atom is 0.408 e. The van der Waals surface area contributed by atoms with E-state index in [0.29, 0.717) is 24.8 Å². The van der Waals surface area contributed by atoms with E-state index in [4.69, 9.17) is 9.47 Å². The first-order chi connectivity index (χ1) is 26.3. The molecule has 0 saturated carbocycles. The number of fused-ring (bicyclic) bond motifs is 1. The Morgan fingerprint density at radius 2 is 1.45 bits per heavy atom. The molecule has 5 atom stereocenters. The van der Waals surface area contributed by atoms with Crippen LogP contribution in [0.4, 0.5) is 4.79 Å². The number of nitrogens with one attached hydrogen (secondary N) is 4. The standard InChI is InChI=1S/C41H64N6O9/c1-40(2,3)55-28-24-31-35(50)43-29(34(49)36(51)42-25-32(48)45-33(38(53)46(7)8)27-20-16-15-17-21-27)22-18-13-11-9-10-12-14-19-23-30(37(52)47(31)26-28)44-39(54)56-41(4,5)6/h15-17,20-21,28-31,33H,9-14,18-19,22-26H2,1-8H3,(H,42,51)(H,43,50)(H,44,54)(H,45,48)/t28-,29+,30+,31+,33+/m1/s1. The van der Waals surface area contributed by atoms with Gasteiger partial charge < -0.3 is 40.5 Å². The zero-order valence-corrected chi connectivity index (χ0v) is 34.5. The Labute approximate surface area is 331 Å². The van der Waals surface area contributed by atoms with Crippen LogP contribution in [0.1, 0.15) is 124 Å². The van der Waals surface area contributed by atoms with Crippen molar-refractivity contribution in [2.45, 2.75) is 154 Å². The SMILES string of the molecule is CN(C)C(=O)[C@@H](NC(=O)CNC(=O)C(=O)[C@@H]1CCCCCCCCCC[C@H](NC(=O)OC(C)(C)C)C(=O)N2C[C@H](OC(C)(C)C)C[C@H]2C(=O)N1)c1ccccc1. The van der Waals surface area contributed by atoms with Crippen molar-refractivity contribution in [1.82, 2.24) is 31.1 Å². The average molecular weight is 785 g/mol. The number of alkyl carbamates (subject to hydrolysis) is 1. The van der Waals surface area contributed by atoms with Crippen molar-refractivity contribution >= 4 is 41.4 Å². The summed E-state index contributed by atoms with van der Waals surface area (Å²) in [5.41, 5.74) is -0.831. The van der Waals surface area contributed by atoms with E-state index in [2.05, 4.69) is 21.3 Å². The van der Waals surface area contributed by atoms with Crippen LogP contribution in [0.15, 0.2) is 30.3 Å². The Bertz CT molecular complexity index is 1520. The predicted octanol–water partition coefficient (Wildman–Crippen LogP) is 3.69. The van der Waals surface area contributed by atoms with E-state index in [1.807, 2.05) is 20.8 Å². The first-order valence-electron chi connectivity index (χ1n) is 19.9. The van der Waals surface area contributed by atoms with E-state index in [-0.39, 0.29) is 25.3 Å². The van der Waals surface area contributed by atoms with E-state index < -0.39 is 83.5 Å². The number of nitrogens with zero attached hydrogens (tertiary/aromatic N) is 2. The maximum absolute atomic E-state index is 14.3. The Morgan fingerprint density at radius 1 is 0.857 bits per heavy atom. The molecule has 2 aliphatic heterocycles. The number of carbonyl (C=O) groups excluding carboxylic acids is 7. The molecule has 2 saturated heterocycles. The highest BCUT2D eigenvalue weighted by Crippen LogP contribution is 2.27. The number of hydrogen-bond acceptors (Lipinski definition) is 9. The molecule has 4 N–H and O–H groups in total. The lowest BCUT2D eigenvalue weighted by atomic mass is 10.0. The largest absolute Gasteiger partial charge is 0.444 e. The van der Waals surface area contributed by atoms with Gasteiger partial charge in [0.25, 0.3) is 5.91 Å². The Hall–Kier alpha value is -4.53. The molecular formula is C41H64N6O9. The predicted molar refractivity (Wildman–Crippen MR) is 210 cm³/mol. The summed E-state index contributed by atoms with van der Waals surface area (Å²) >= 11 is 0. The van der Waals surface area contributed by atoms with Crippen LogP contribution in [0.5, 0.6) is 0 Å². The van der Waals surface area contributed by atoms with Crippen LogP contribution in [-0.2, 0) is 38.2 Å². The summed E-state index contributed by atoms with van der Waals surface area (Å²) in [6, 6.07) is 4.39. The third-order valence-corrected chi connectivity index (χ3v) is 9.49. The minimum absolute atomic E-state index is 0.0786. The Morgan fingerprint density at radius 3 is 2.02 bits per heavy atom. The van der Waals surface area contributed by atoms with Crippen molar-refractivity contribution in [2.75, 3.05) is 27.2 Å². The van der Waals surface area contributed by atoms with Gasteiger partial charge in [-0.25, -0.2) is 4.79 Å². The molecule has 0 unspecified atom stereocenters. The normalized spacial score (nSPS) is 22.4. The summed E-state index contributed by atoms with van der Waals surface area (Å²) in [5, 5.41) is 10.5. The van der Waals surface area contributed by atoms with Crippen LogP contribution in [0.2, 0.25) is 0 Å². The zero-order chi connectivity index (χ0) is 41.6. The molecule has 1 aromatic carbocycles. The molecule has 0 aromatic heterocycles. The van der Waals surface area contributed by atoms with Gasteiger partial charge in [0.05, 0.1) is 24.3 Å². The Kier molecular flexibility index (Phi) is 17.3. The second-order valence-corrected chi connectivity index (χ2v) is 17.0. The summed E-state index contributed by atoms with van der Waals surface area (Å²) in [6.45, 7) is 10.3. The molecule has 312 valence electrons. The van der Waals surface area contributed by atoms with Crippen LogP contribution in [0.25, 0.3) is 0 Å². The molecule has 56 heavy (non-hydrogen) atoms. The van der Waals surface area contributed by atoms with Crippen molar-refractivity contribution < 1.29 is 43.0 Å². The molecule has 0 aliphatic carbocycles. The number of hydrogen-bond donors (Lipinski definition) is 4. The van der Waals surface area contributed by atoms with Crippen LogP contribution >= 0.6 is 0 Å². The molecule has 0 spiro atoms. The summed E-state index contributed by atoms with van der Waals surface area (Å²) < 4.78 is 11.7. The monoisotopic (exact) mass is 784 g/mol. The lowest BCUT2D eigenvalue weighted by Gasteiger charge is -2.30. The highest BCUT2D eigenvalue weighted by molar-refractivity contribution is 6.38. The first-order valence-corrected chi connectivity index (χ1v) is 19.9. The number of benzene rings is 1. The van der Waals surface area contributed by atoms with Crippen molar-refractivity contribution in [3.05, 3.63) is 35.9 Å². The number of likely N-dealkylation sites (N-methyl/N-ethyl adjacent to an activating group) is 1. The van der Waals surface area contributed by atoms with Crippen LogP contribution < -0.4 is 21.3 Å². The fourth-order valence-corrected chi connectivity index (χ4v) is 6.89. The van der Waals surface area contributed by atoms with Crippen molar-refractivity contribution in [1.29, 1.82) is 0 Å². The molecule has 2 fully saturated rings. The molecule has 3 rings (SSSR count). The summed E-state index contributed by atoms with van der Waals surface area (Å²) in [7, 11) is 3.13. The third-order valence-electron chi connectivity index (χ3n) is 9.49. The van der Waals surface area contributed by atoms with Gasteiger partial charge >= 0.3 is 6.09 Å². The van der Waals surface area contributed by atoms with Crippen LogP contribution in [0.3, 0.4) is 0 Å². The number of Topliss-reactive ketones (excluding diaryl/α,β-unsaturated/α-hetero) is 1. The average Bonchev–Trinajstić information content (AvgIpc) is 3.53. The summed E-state index contributed by atoms with van der Waals surface area (Å²) in [6.07, 6.45) is 6.07. The fraction of sp³-hybridized carbons (Fsp3) is 0.683. The van der Waals surface area contributed by atoms with Crippen molar-refractivity contribution in [3.63, 3.8) is 0 Å². The van der Waals surface area contributed by atoms with Gasteiger partial charge in [0.1, 0.15) is 23.7 Å². The molecule has 15 nitrogen and oxygen atoms in total. The summed E-state index contributed by atoms with van der Waals surface area (Å²) in [4.78, 5) is 96.9. The van der Waals surface area contributed by atoms with E-state index in [1.165, 1.54) is 9.80 Å². The fourth-order valence-electron chi connectivity index (χ4n) is 6.89. The molecule has 15 heteroatoms. The van der Waals surface area contributed by atoms with E-state index >= 15 is 0 Å². The molecule has 1 aromatic rings. The van der Waals surface area contributed by atoms with Gasteiger partial charge in [0, 0.05) is 27.1 Å². The zero-order valence-electron chi connectivity index (χ0n) is 34.5. The second kappa shape index (κ2) is 21.1. The minimum Gasteiger partial charge on any atom is -0.444 e. The lowest BCUT2D eigenvalue weighted by molar-refractivity contribution is -0.143. The molecular weight excluding hydrogens is 720 g/mol. The summed E-state index contributed by atoms with van der Waals surface area (Å²) in [5.74, 6) is -4.16. The maximum atomic E-state index is 14.3. The van der Waals surface area contributed by atoms with Crippen molar-refractivity contribution in [2.24, 2.45) is 0 Å². The number of carbonyl (C=O) groups is 7. The van der Waals surface area contributed by atoms with Crippen LogP contribution in [0, 0.1) is 0 Å². The van der Waals surface area contributed by atoms with Crippen molar-refractivity contribution in [3.8, 4) is 0 Å². The topological polar surface area (TPSA) is 193 Å². The highest BCUT2D eigenvalue weighted by atomic mass is 16.6. The molecule has 0 radical (unpaired) electrons. The van der Waals surface area contributed by atoms with E-state index in [0.717, 1.165) is 38.5 Å². The number of ketones is 1. The van der Waals surface area contributed by atoms with E-state index in [1.54, 1.807) is 65.2 Å². The molecule has 2 heterocycles. The quantitative estimate of drug-likeness (QED) is 0.271. The molecule has 0 bridgehead atoms. The Balaban J connectivity index is 1.83. The smallest absolute Gasteiger partial charge is 0.408 e. The van der Waals surface area contributed by atoms with E-state index in [9.17, 15) is 33.6 Å². The second-order valence-electron chi connectivity index (χ2n) is 17.0. The number of ether oxygens (including phenoxy) is 2. The van der Waals surface area contributed by atoms with Gasteiger partial charge in [-0.2, -0.15) is 0 Å². The number of amides is 6. The van der Waals surface area contributed by atoms with Gasteiger partial charge in [-0.15, -0.1) is 0 Å². The molecule has 2 aliphatic rings. The highest BCUT2D eigenvalue weighted by Gasteiger charge is 2.44.